The molecule has 0 fully saturated rings. The van der Waals surface area contributed by atoms with Crippen molar-refractivity contribution in [1.29, 1.82) is 0 Å². The lowest BCUT2D eigenvalue weighted by Gasteiger charge is -2.29. The molecule has 0 radical (unpaired) electrons. The van der Waals surface area contributed by atoms with Crippen LogP contribution >= 0.6 is 0 Å². The molecule has 310 valence electrons. The fraction of sp³-hybridized carbons (Fsp3) is 0.564. The van der Waals surface area contributed by atoms with E-state index in [1.165, 1.54) is 0 Å². The lowest BCUT2D eigenvalue weighted by atomic mass is 9.98. The van der Waals surface area contributed by atoms with Crippen LogP contribution in [0.5, 0.6) is 0 Å². The van der Waals surface area contributed by atoms with Gasteiger partial charge in [-0.1, -0.05) is 45.9 Å². The highest BCUT2D eigenvalue weighted by Crippen LogP contribution is 2.31. The normalized spacial score (nSPS) is 15.4. The molecule has 0 saturated carbocycles. The van der Waals surface area contributed by atoms with Crippen LogP contribution in [-0.2, 0) is 30.5 Å². The molecule has 1 heterocycles. The third-order valence-corrected chi connectivity index (χ3v) is 9.49. The van der Waals surface area contributed by atoms with E-state index in [0.717, 1.165) is 28.4 Å². The Hall–Kier alpha value is -4.65. The SMILES string of the molecule is CCn1c2ccccc2c2cc(NC(=O)[C@H](CCCCN)NC(=O)CNC(=O)[C@H](CC(C)C)NC(=O)[C@@H](NC(=O)C(O)C(O)C(O)C(O)CO)C(C)C)ccc21. The van der Waals surface area contributed by atoms with E-state index in [1.54, 1.807) is 13.8 Å². The number of aromatic nitrogens is 1. The summed E-state index contributed by atoms with van der Waals surface area (Å²) < 4.78 is 2.19. The standard InChI is InChI=1S/C39H59N7O10/c1-6-46-28-13-8-7-11-24(28)25-18-23(14-15-29(25)46)42-37(54)26(12-9-10-16-40)43-31(49)19-41-36(53)27(17-21(2)3)44-38(55)32(22(4)5)45-39(56)35(52)34(51)33(50)30(48)20-47/h7-8,11,13-15,18,21-22,26-27,30,32-35,47-48,50-52H,6,9-10,12,16-17,19-20,40H2,1-5H3,(H,41,53)(H,42,54)(H,43,49)(H,44,55)(H,45,56)/t26-,27-,30?,32-,33?,34?,35?/m0/s1. The number of aliphatic hydroxyl groups excluding tert-OH is 5. The summed E-state index contributed by atoms with van der Waals surface area (Å²) >= 11 is 0. The van der Waals surface area contributed by atoms with Gasteiger partial charge in [0.05, 0.1) is 13.2 Å². The van der Waals surface area contributed by atoms with Crippen LogP contribution in [0.3, 0.4) is 0 Å². The number of nitrogens with two attached hydrogens (primary N) is 1. The first kappa shape index (κ1) is 45.7. The first-order chi connectivity index (χ1) is 26.5. The van der Waals surface area contributed by atoms with Crippen molar-refractivity contribution in [2.75, 3.05) is 25.0 Å². The van der Waals surface area contributed by atoms with Gasteiger partial charge in [-0.05, 0) is 75.3 Å². The number of nitrogens with one attached hydrogen (secondary N) is 5. The molecule has 56 heavy (non-hydrogen) atoms. The summed E-state index contributed by atoms with van der Waals surface area (Å²) in [6.45, 7) is 8.59. The maximum absolute atomic E-state index is 13.6. The molecule has 2 aromatic carbocycles. The summed E-state index contributed by atoms with van der Waals surface area (Å²) in [4.78, 5) is 66.2. The van der Waals surface area contributed by atoms with Crippen LogP contribution in [0.1, 0.15) is 60.3 Å². The Morgan fingerprint density at radius 3 is 2.07 bits per heavy atom. The quantitative estimate of drug-likeness (QED) is 0.0583. The molecule has 0 spiro atoms. The molecule has 17 heteroatoms. The van der Waals surface area contributed by atoms with E-state index in [-0.39, 0.29) is 12.3 Å². The Bertz CT molecular complexity index is 1800. The number of benzene rings is 2. The average Bonchev–Trinajstić information content (AvgIpc) is 3.49. The van der Waals surface area contributed by atoms with Crippen LogP contribution < -0.4 is 32.3 Å². The Morgan fingerprint density at radius 1 is 0.768 bits per heavy atom. The zero-order valence-electron chi connectivity index (χ0n) is 32.7. The van der Waals surface area contributed by atoms with Gasteiger partial charge in [0.25, 0.3) is 5.91 Å². The Morgan fingerprint density at radius 2 is 1.45 bits per heavy atom. The van der Waals surface area contributed by atoms with Gasteiger partial charge in [-0.3, -0.25) is 24.0 Å². The van der Waals surface area contributed by atoms with Crippen LogP contribution in [0.15, 0.2) is 42.5 Å². The molecule has 0 bridgehead atoms. The van der Waals surface area contributed by atoms with E-state index >= 15 is 0 Å². The third kappa shape index (κ3) is 12.2. The van der Waals surface area contributed by atoms with Gasteiger partial charge in [0, 0.05) is 34.0 Å². The van der Waals surface area contributed by atoms with Gasteiger partial charge in [0.15, 0.2) is 6.10 Å². The number of rotatable bonds is 22. The van der Waals surface area contributed by atoms with Gasteiger partial charge < -0.3 is 62.4 Å². The van der Waals surface area contributed by atoms with Crippen molar-refractivity contribution in [2.45, 2.75) is 109 Å². The lowest BCUT2D eigenvalue weighted by Crippen LogP contribution is -2.59. The van der Waals surface area contributed by atoms with Crippen LogP contribution in [0.25, 0.3) is 21.8 Å². The third-order valence-electron chi connectivity index (χ3n) is 9.49. The van der Waals surface area contributed by atoms with Crippen LogP contribution in [-0.4, -0.2) is 122 Å². The number of amides is 5. The number of nitrogens with zero attached hydrogens (tertiary/aromatic N) is 1. The average molecular weight is 786 g/mol. The van der Waals surface area contributed by atoms with Crippen LogP contribution in [0.4, 0.5) is 5.69 Å². The number of aryl methyl sites for hydroxylation is 1. The predicted octanol–water partition coefficient (Wildman–Crippen LogP) is -0.409. The predicted molar refractivity (Wildman–Crippen MR) is 211 cm³/mol. The lowest BCUT2D eigenvalue weighted by molar-refractivity contribution is -0.151. The molecule has 1 aromatic heterocycles. The second-order valence-electron chi connectivity index (χ2n) is 14.7. The zero-order chi connectivity index (χ0) is 41.7. The molecule has 0 aliphatic carbocycles. The zero-order valence-corrected chi connectivity index (χ0v) is 32.7. The second kappa shape index (κ2) is 21.6. The molecule has 0 saturated heterocycles. The molecule has 17 nitrogen and oxygen atoms in total. The fourth-order valence-electron chi connectivity index (χ4n) is 6.41. The number of para-hydroxylation sites is 1. The fourth-order valence-corrected chi connectivity index (χ4v) is 6.41. The van der Waals surface area contributed by atoms with Crippen molar-refractivity contribution in [2.24, 2.45) is 17.6 Å². The van der Waals surface area contributed by atoms with E-state index in [4.69, 9.17) is 10.8 Å². The van der Waals surface area contributed by atoms with Gasteiger partial charge in [-0.25, -0.2) is 0 Å². The number of hydrogen-bond acceptors (Lipinski definition) is 11. The number of unbranched alkanes of at least 4 members (excludes halogenated alkanes) is 1. The Labute approximate surface area is 326 Å². The van der Waals surface area contributed by atoms with Gasteiger partial charge >= 0.3 is 0 Å². The first-order valence-electron chi connectivity index (χ1n) is 19.1. The molecule has 7 atom stereocenters. The van der Waals surface area contributed by atoms with Gasteiger partial charge in [0.2, 0.25) is 23.6 Å². The van der Waals surface area contributed by atoms with E-state index in [0.29, 0.717) is 31.5 Å². The number of aliphatic hydroxyl groups is 5. The second-order valence-corrected chi connectivity index (χ2v) is 14.7. The van der Waals surface area contributed by atoms with Crippen molar-refractivity contribution >= 4 is 57.0 Å². The van der Waals surface area contributed by atoms with Crippen molar-refractivity contribution in [3.63, 3.8) is 0 Å². The van der Waals surface area contributed by atoms with Crippen LogP contribution in [0.2, 0.25) is 0 Å². The van der Waals surface area contributed by atoms with Crippen molar-refractivity contribution < 1.29 is 49.5 Å². The highest BCUT2D eigenvalue weighted by Gasteiger charge is 2.37. The summed E-state index contributed by atoms with van der Waals surface area (Å²) in [5.74, 6) is -4.50. The molecule has 4 unspecified atom stereocenters. The van der Waals surface area contributed by atoms with Gasteiger partial charge in [-0.15, -0.1) is 0 Å². The summed E-state index contributed by atoms with van der Waals surface area (Å²) in [5, 5.41) is 63.9. The minimum Gasteiger partial charge on any atom is -0.394 e. The summed E-state index contributed by atoms with van der Waals surface area (Å²) in [6.07, 6.45) is -6.73. The number of carbonyl (C=O) groups is 5. The number of fused-ring (bicyclic) bond motifs is 3. The monoisotopic (exact) mass is 785 g/mol. The maximum Gasteiger partial charge on any atom is 0.252 e. The molecule has 0 aliphatic rings. The first-order valence-corrected chi connectivity index (χ1v) is 19.1. The van der Waals surface area contributed by atoms with Gasteiger partial charge in [0.1, 0.15) is 36.4 Å². The molecule has 0 aliphatic heterocycles. The Balaban J connectivity index is 1.67. The van der Waals surface area contributed by atoms with E-state index in [2.05, 4.69) is 38.1 Å². The summed E-state index contributed by atoms with van der Waals surface area (Å²) in [5.41, 5.74) is 8.34. The number of carbonyl (C=O) groups excluding carboxylic acids is 5. The maximum atomic E-state index is 13.6. The minimum absolute atomic E-state index is 0.100. The molecular formula is C39H59N7O10. The molecule has 12 N–H and O–H groups in total. The molecule has 3 rings (SSSR count). The Kier molecular flexibility index (Phi) is 17.6. The largest absolute Gasteiger partial charge is 0.394 e. The van der Waals surface area contributed by atoms with Crippen molar-refractivity contribution in [3.8, 4) is 0 Å². The topological polar surface area (TPSA) is 278 Å². The molecule has 5 amide bonds. The number of hydrogen-bond donors (Lipinski definition) is 11. The summed E-state index contributed by atoms with van der Waals surface area (Å²) in [7, 11) is 0. The summed E-state index contributed by atoms with van der Waals surface area (Å²) in [6, 6.07) is 10.3. The number of anilines is 1. The van der Waals surface area contributed by atoms with E-state index in [1.807, 2.05) is 56.3 Å². The van der Waals surface area contributed by atoms with Crippen molar-refractivity contribution in [1.82, 2.24) is 25.8 Å². The molecule has 3 aromatic rings. The van der Waals surface area contributed by atoms with Crippen LogP contribution in [0, 0.1) is 11.8 Å². The highest BCUT2D eigenvalue weighted by atomic mass is 16.4. The van der Waals surface area contributed by atoms with E-state index < -0.39 is 91.1 Å². The van der Waals surface area contributed by atoms with Crippen molar-refractivity contribution in [3.05, 3.63) is 42.5 Å². The molecular weight excluding hydrogens is 726 g/mol. The van der Waals surface area contributed by atoms with Gasteiger partial charge in [-0.2, -0.15) is 0 Å². The smallest absolute Gasteiger partial charge is 0.252 e. The van der Waals surface area contributed by atoms with E-state index in [9.17, 15) is 44.4 Å². The highest BCUT2D eigenvalue weighted by molar-refractivity contribution is 6.10. The minimum atomic E-state index is -2.27.